The lowest BCUT2D eigenvalue weighted by Crippen LogP contribution is -2.36. The number of primary amides is 1. The number of rotatable bonds is 3. The molecule has 0 aromatic carbocycles. The highest BCUT2D eigenvalue weighted by Gasteiger charge is 2.18. The summed E-state index contributed by atoms with van der Waals surface area (Å²) < 4.78 is 0. The minimum Gasteiger partial charge on any atom is -0.352 e. The van der Waals surface area contributed by atoms with Crippen LogP contribution in [0.15, 0.2) is 12.4 Å². The highest BCUT2D eigenvalue weighted by Crippen LogP contribution is 2.17. The van der Waals surface area contributed by atoms with Gasteiger partial charge < -0.3 is 16.0 Å². The maximum Gasteiger partial charge on any atom is 0.312 e. The molecule has 0 spiro atoms. The second-order valence-electron chi connectivity index (χ2n) is 3.20. The van der Waals surface area contributed by atoms with Crippen molar-refractivity contribution in [2.75, 3.05) is 0 Å². The molecule has 1 aromatic heterocycles. The molecule has 0 saturated carbocycles. The molecular weight excluding hydrogens is 168 g/mol. The summed E-state index contributed by atoms with van der Waals surface area (Å²) in [6, 6.07) is -0.678. The molecule has 0 aliphatic carbocycles. The minimum absolute atomic E-state index is 0.146. The van der Waals surface area contributed by atoms with Gasteiger partial charge in [-0.25, -0.2) is 9.78 Å². The number of imidazole rings is 1. The normalized spacial score (nSPS) is 12.8. The molecule has 1 heterocycles. The number of hydrogen-bond acceptors (Lipinski definition) is 2. The molecule has 1 rings (SSSR count). The monoisotopic (exact) mass is 182 g/mol. The maximum absolute atomic E-state index is 10.7. The van der Waals surface area contributed by atoms with E-state index >= 15 is 0 Å². The molecule has 13 heavy (non-hydrogen) atoms. The van der Waals surface area contributed by atoms with Gasteiger partial charge in [-0.05, 0) is 5.92 Å². The van der Waals surface area contributed by atoms with Crippen LogP contribution in [-0.4, -0.2) is 16.0 Å². The van der Waals surface area contributed by atoms with Crippen molar-refractivity contribution >= 4 is 6.03 Å². The number of amides is 2. The number of aromatic nitrogens is 2. The number of carbonyl (C=O) groups is 1. The van der Waals surface area contributed by atoms with E-state index in [1.807, 2.05) is 13.8 Å². The van der Waals surface area contributed by atoms with Crippen molar-refractivity contribution < 1.29 is 4.79 Å². The van der Waals surface area contributed by atoms with Crippen LogP contribution in [0.4, 0.5) is 4.79 Å². The van der Waals surface area contributed by atoms with E-state index in [2.05, 4.69) is 15.3 Å². The fourth-order valence-electron chi connectivity index (χ4n) is 1.15. The molecule has 5 heteroatoms. The molecular formula is C8H14N4O. The van der Waals surface area contributed by atoms with Gasteiger partial charge in [-0.3, -0.25) is 0 Å². The summed E-state index contributed by atoms with van der Waals surface area (Å²) in [5, 5.41) is 2.63. The van der Waals surface area contributed by atoms with Crippen LogP contribution in [0.25, 0.3) is 0 Å². The lowest BCUT2D eigenvalue weighted by Gasteiger charge is -2.18. The number of nitrogens with zero attached hydrogens (tertiary/aromatic N) is 1. The number of aromatic amines is 1. The third-order valence-electron chi connectivity index (χ3n) is 1.78. The lowest BCUT2D eigenvalue weighted by atomic mass is 10.0. The molecule has 0 saturated heterocycles. The average molecular weight is 182 g/mol. The van der Waals surface area contributed by atoms with Gasteiger partial charge in [-0.15, -0.1) is 0 Å². The Morgan fingerprint density at radius 2 is 2.38 bits per heavy atom. The van der Waals surface area contributed by atoms with Gasteiger partial charge in [0.25, 0.3) is 0 Å². The number of nitrogens with two attached hydrogens (primary N) is 1. The van der Waals surface area contributed by atoms with E-state index in [1.165, 1.54) is 0 Å². The standard InChI is InChI=1S/C8H14N4O/c1-5(2)6(12-8(9)13)7-10-3-4-11-7/h3-6H,1-2H3,(H,10,11)(H3,9,12,13)/t6-/m0/s1. The first kappa shape index (κ1) is 9.57. The van der Waals surface area contributed by atoms with Crippen molar-refractivity contribution in [3.63, 3.8) is 0 Å². The van der Waals surface area contributed by atoms with E-state index in [4.69, 9.17) is 5.73 Å². The van der Waals surface area contributed by atoms with Gasteiger partial charge in [0.2, 0.25) is 0 Å². The van der Waals surface area contributed by atoms with Crippen LogP contribution >= 0.6 is 0 Å². The predicted octanol–water partition coefficient (Wildman–Crippen LogP) is 0.775. The smallest absolute Gasteiger partial charge is 0.312 e. The molecule has 0 unspecified atom stereocenters. The van der Waals surface area contributed by atoms with Gasteiger partial charge in [-0.2, -0.15) is 0 Å². The summed E-state index contributed by atoms with van der Waals surface area (Å²) in [5.74, 6) is 0.979. The quantitative estimate of drug-likeness (QED) is 0.645. The van der Waals surface area contributed by atoms with Crippen molar-refractivity contribution in [1.29, 1.82) is 0 Å². The van der Waals surface area contributed by atoms with Crippen molar-refractivity contribution in [2.24, 2.45) is 11.7 Å². The number of hydrogen-bond donors (Lipinski definition) is 3. The topological polar surface area (TPSA) is 83.8 Å². The average Bonchev–Trinajstić information content (AvgIpc) is 2.50. The molecule has 0 aliphatic rings. The second-order valence-corrected chi connectivity index (χ2v) is 3.20. The SMILES string of the molecule is CC(C)[C@H](NC(N)=O)c1ncc[nH]1. The van der Waals surface area contributed by atoms with E-state index in [-0.39, 0.29) is 12.0 Å². The Labute approximate surface area is 76.7 Å². The summed E-state index contributed by atoms with van der Waals surface area (Å²) in [6.07, 6.45) is 3.36. The summed E-state index contributed by atoms with van der Waals surface area (Å²) in [5.41, 5.74) is 5.05. The fraction of sp³-hybridized carbons (Fsp3) is 0.500. The highest BCUT2D eigenvalue weighted by molar-refractivity contribution is 5.72. The molecule has 1 atom stereocenters. The molecule has 0 bridgehead atoms. The van der Waals surface area contributed by atoms with Crippen molar-refractivity contribution in [2.45, 2.75) is 19.9 Å². The molecule has 4 N–H and O–H groups in total. The van der Waals surface area contributed by atoms with Crippen molar-refractivity contribution in [3.8, 4) is 0 Å². The van der Waals surface area contributed by atoms with Gasteiger partial charge in [0.05, 0.1) is 6.04 Å². The van der Waals surface area contributed by atoms with Gasteiger partial charge in [0.1, 0.15) is 5.82 Å². The van der Waals surface area contributed by atoms with E-state index in [9.17, 15) is 4.79 Å². The molecule has 5 nitrogen and oxygen atoms in total. The van der Waals surface area contributed by atoms with Gasteiger partial charge in [0.15, 0.2) is 0 Å². The Bertz CT molecular complexity index is 268. The zero-order valence-corrected chi connectivity index (χ0v) is 7.74. The summed E-state index contributed by atoms with van der Waals surface area (Å²) in [4.78, 5) is 17.7. The van der Waals surface area contributed by atoms with Crippen molar-refractivity contribution in [1.82, 2.24) is 15.3 Å². The van der Waals surface area contributed by atoms with E-state index in [0.29, 0.717) is 0 Å². The third-order valence-corrected chi connectivity index (χ3v) is 1.78. The molecule has 72 valence electrons. The first-order valence-corrected chi connectivity index (χ1v) is 4.16. The minimum atomic E-state index is -0.532. The van der Waals surface area contributed by atoms with Crippen LogP contribution in [0.2, 0.25) is 0 Å². The zero-order chi connectivity index (χ0) is 9.84. The van der Waals surface area contributed by atoms with Crippen LogP contribution in [0.1, 0.15) is 25.7 Å². The Morgan fingerprint density at radius 3 is 2.77 bits per heavy atom. The molecule has 0 fully saturated rings. The predicted molar refractivity (Wildman–Crippen MR) is 48.9 cm³/mol. The Morgan fingerprint density at radius 1 is 1.69 bits per heavy atom. The first-order chi connectivity index (χ1) is 6.11. The maximum atomic E-state index is 10.7. The lowest BCUT2D eigenvalue weighted by molar-refractivity contribution is 0.240. The molecule has 0 aliphatic heterocycles. The first-order valence-electron chi connectivity index (χ1n) is 4.16. The van der Waals surface area contributed by atoms with Crippen LogP contribution in [0.3, 0.4) is 0 Å². The summed E-state index contributed by atoms with van der Waals surface area (Å²) in [7, 11) is 0. The fourth-order valence-corrected chi connectivity index (χ4v) is 1.15. The Balaban J connectivity index is 2.74. The largest absolute Gasteiger partial charge is 0.352 e. The van der Waals surface area contributed by atoms with Crippen LogP contribution < -0.4 is 11.1 Å². The Hall–Kier alpha value is -1.52. The van der Waals surface area contributed by atoms with E-state index in [0.717, 1.165) is 5.82 Å². The number of carbonyl (C=O) groups excluding carboxylic acids is 1. The number of urea groups is 1. The summed E-state index contributed by atoms with van der Waals surface area (Å²) >= 11 is 0. The van der Waals surface area contributed by atoms with E-state index < -0.39 is 6.03 Å². The van der Waals surface area contributed by atoms with Gasteiger partial charge in [-0.1, -0.05) is 13.8 Å². The molecule has 2 amide bonds. The number of nitrogens with one attached hydrogen (secondary N) is 2. The highest BCUT2D eigenvalue weighted by atomic mass is 16.2. The molecule has 0 radical (unpaired) electrons. The van der Waals surface area contributed by atoms with Gasteiger partial charge in [0, 0.05) is 12.4 Å². The third kappa shape index (κ3) is 2.47. The summed E-state index contributed by atoms with van der Waals surface area (Å²) in [6.45, 7) is 3.98. The van der Waals surface area contributed by atoms with Gasteiger partial charge >= 0.3 is 6.03 Å². The second kappa shape index (κ2) is 3.93. The van der Waals surface area contributed by atoms with Crippen LogP contribution in [0.5, 0.6) is 0 Å². The Kier molecular flexibility index (Phi) is 2.89. The molecule has 1 aromatic rings. The number of H-pyrrole nitrogens is 1. The zero-order valence-electron chi connectivity index (χ0n) is 7.74. The van der Waals surface area contributed by atoms with Crippen LogP contribution in [0, 0.1) is 5.92 Å². The van der Waals surface area contributed by atoms with E-state index in [1.54, 1.807) is 12.4 Å². The van der Waals surface area contributed by atoms with Crippen molar-refractivity contribution in [3.05, 3.63) is 18.2 Å². The van der Waals surface area contributed by atoms with Crippen LogP contribution in [-0.2, 0) is 0 Å².